The fourth-order valence-electron chi connectivity index (χ4n) is 1.22. The van der Waals surface area contributed by atoms with Crippen LogP contribution in [0.3, 0.4) is 0 Å². The van der Waals surface area contributed by atoms with E-state index in [1.807, 2.05) is 11.3 Å². The predicted molar refractivity (Wildman–Crippen MR) is 52.4 cm³/mol. The maximum absolute atomic E-state index is 3.36. The lowest BCUT2D eigenvalue weighted by Gasteiger charge is -2.10. The molecular weight excluding hydrogens is 257 g/mol. The molecule has 0 bridgehead atoms. The van der Waals surface area contributed by atoms with Crippen LogP contribution in [0, 0.1) is 2.88 Å². The van der Waals surface area contributed by atoms with Crippen molar-refractivity contribution < 1.29 is 0 Å². The monoisotopic (exact) mass is 265 g/mol. The molecule has 0 atom stereocenters. The van der Waals surface area contributed by atoms with Gasteiger partial charge in [0.15, 0.2) is 0 Å². The third kappa shape index (κ3) is 1.22. The van der Waals surface area contributed by atoms with E-state index in [2.05, 4.69) is 34.0 Å². The van der Waals surface area contributed by atoms with Gasteiger partial charge in [-0.1, -0.05) is 0 Å². The number of halogens is 1. The van der Waals surface area contributed by atoms with E-state index in [4.69, 9.17) is 0 Å². The van der Waals surface area contributed by atoms with Crippen LogP contribution in [0.15, 0.2) is 6.07 Å². The van der Waals surface area contributed by atoms with Crippen molar-refractivity contribution in [1.82, 2.24) is 5.32 Å². The van der Waals surface area contributed by atoms with E-state index < -0.39 is 0 Å². The zero-order chi connectivity index (χ0) is 6.97. The second kappa shape index (κ2) is 2.79. The van der Waals surface area contributed by atoms with Gasteiger partial charge in [0.1, 0.15) is 0 Å². The molecule has 2 heterocycles. The summed E-state index contributed by atoms with van der Waals surface area (Å²) in [7, 11) is 0. The van der Waals surface area contributed by atoms with E-state index in [0.717, 1.165) is 13.1 Å². The summed E-state index contributed by atoms with van der Waals surface area (Å²) < 4.78 is 1.42. The first-order chi connectivity index (χ1) is 4.86. The Morgan fingerprint density at radius 1 is 1.60 bits per heavy atom. The van der Waals surface area contributed by atoms with Crippen molar-refractivity contribution in [3.8, 4) is 0 Å². The van der Waals surface area contributed by atoms with Crippen molar-refractivity contribution in [1.29, 1.82) is 0 Å². The average Bonchev–Trinajstić information content (AvgIpc) is 2.27. The Morgan fingerprint density at radius 2 is 2.50 bits per heavy atom. The average molecular weight is 265 g/mol. The fraction of sp³-hybridized carbons (Fsp3) is 0.429. The summed E-state index contributed by atoms with van der Waals surface area (Å²) >= 11 is 4.31. The summed E-state index contributed by atoms with van der Waals surface area (Å²) in [6.07, 6.45) is 1.22. The van der Waals surface area contributed by atoms with Gasteiger partial charge in [-0.3, -0.25) is 0 Å². The van der Waals surface area contributed by atoms with Gasteiger partial charge in [0.2, 0.25) is 0 Å². The van der Waals surface area contributed by atoms with Crippen molar-refractivity contribution in [2.45, 2.75) is 13.0 Å². The molecule has 10 heavy (non-hydrogen) atoms. The van der Waals surface area contributed by atoms with Crippen LogP contribution in [0.25, 0.3) is 0 Å². The Hall–Kier alpha value is 0.390. The smallest absolute Gasteiger partial charge is 0.0659 e. The Kier molecular flexibility index (Phi) is 1.97. The molecule has 3 heteroatoms. The number of nitrogens with one attached hydrogen (secondary N) is 1. The number of thiophene rings is 1. The van der Waals surface area contributed by atoms with Gasteiger partial charge in [0.25, 0.3) is 0 Å². The standard InChI is InChI=1S/C7H8INS/c8-7-3-5-1-2-9-4-6(5)10-7/h3,9H,1-2,4H2. The third-order valence-electron chi connectivity index (χ3n) is 1.72. The number of rotatable bonds is 0. The summed E-state index contributed by atoms with van der Waals surface area (Å²) in [6.45, 7) is 2.24. The van der Waals surface area contributed by atoms with Gasteiger partial charge in [-0.2, -0.15) is 0 Å². The molecule has 1 aliphatic heterocycles. The van der Waals surface area contributed by atoms with E-state index in [1.165, 1.54) is 14.2 Å². The Labute approximate surface area is 78.0 Å². The Bertz CT molecular complexity index is 220. The molecule has 1 aromatic rings. The van der Waals surface area contributed by atoms with Crippen LogP contribution >= 0.6 is 33.9 Å². The minimum absolute atomic E-state index is 1.09. The van der Waals surface area contributed by atoms with Gasteiger partial charge in [0.05, 0.1) is 2.88 Å². The molecule has 2 rings (SSSR count). The molecule has 1 nitrogen and oxygen atoms in total. The summed E-state index contributed by atoms with van der Waals surface area (Å²) in [5.74, 6) is 0. The molecular formula is C7H8INS. The molecule has 0 saturated carbocycles. The SMILES string of the molecule is Ic1cc2c(s1)CNCC2. The van der Waals surface area contributed by atoms with Gasteiger partial charge in [-0.25, -0.2) is 0 Å². The molecule has 0 radical (unpaired) electrons. The topological polar surface area (TPSA) is 12.0 Å². The zero-order valence-electron chi connectivity index (χ0n) is 5.48. The van der Waals surface area contributed by atoms with Gasteiger partial charge >= 0.3 is 0 Å². The predicted octanol–water partition coefficient (Wildman–Crippen LogP) is 2.00. The first-order valence-corrected chi connectivity index (χ1v) is 5.23. The molecule has 0 fully saturated rings. The van der Waals surface area contributed by atoms with Crippen molar-refractivity contribution in [3.63, 3.8) is 0 Å². The quantitative estimate of drug-likeness (QED) is 0.707. The Morgan fingerprint density at radius 3 is 3.30 bits per heavy atom. The van der Waals surface area contributed by atoms with E-state index in [-0.39, 0.29) is 0 Å². The highest BCUT2D eigenvalue weighted by Gasteiger charge is 2.10. The third-order valence-corrected chi connectivity index (χ3v) is 3.66. The van der Waals surface area contributed by atoms with Gasteiger partial charge in [-0.05, 0) is 47.2 Å². The van der Waals surface area contributed by atoms with Crippen LogP contribution in [0.5, 0.6) is 0 Å². The minimum atomic E-state index is 1.09. The highest BCUT2D eigenvalue weighted by atomic mass is 127. The minimum Gasteiger partial charge on any atom is -0.312 e. The van der Waals surface area contributed by atoms with Crippen molar-refractivity contribution in [2.75, 3.05) is 6.54 Å². The van der Waals surface area contributed by atoms with Crippen LogP contribution in [0.2, 0.25) is 0 Å². The molecule has 54 valence electrons. The summed E-state index contributed by atoms with van der Waals surface area (Å²) in [5, 5.41) is 3.36. The highest BCUT2D eigenvalue weighted by molar-refractivity contribution is 14.1. The van der Waals surface area contributed by atoms with Crippen LogP contribution in [-0.2, 0) is 13.0 Å². The van der Waals surface area contributed by atoms with Crippen LogP contribution in [0.1, 0.15) is 10.4 Å². The maximum Gasteiger partial charge on any atom is 0.0659 e. The lowest BCUT2D eigenvalue weighted by atomic mass is 10.1. The van der Waals surface area contributed by atoms with Crippen LogP contribution in [0.4, 0.5) is 0 Å². The largest absolute Gasteiger partial charge is 0.312 e. The van der Waals surface area contributed by atoms with Gasteiger partial charge in [0, 0.05) is 11.4 Å². The molecule has 0 saturated heterocycles. The normalized spacial score (nSPS) is 16.9. The second-order valence-corrected chi connectivity index (χ2v) is 5.46. The van der Waals surface area contributed by atoms with Crippen molar-refractivity contribution in [2.24, 2.45) is 0 Å². The molecule has 0 unspecified atom stereocenters. The van der Waals surface area contributed by atoms with Gasteiger partial charge in [-0.15, -0.1) is 11.3 Å². The van der Waals surface area contributed by atoms with Crippen molar-refractivity contribution in [3.05, 3.63) is 19.4 Å². The lowest BCUT2D eigenvalue weighted by Crippen LogP contribution is -2.21. The highest BCUT2D eigenvalue weighted by Crippen LogP contribution is 2.25. The first kappa shape index (κ1) is 7.06. The van der Waals surface area contributed by atoms with E-state index in [9.17, 15) is 0 Å². The molecule has 0 aromatic carbocycles. The van der Waals surface area contributed by atoms with E-state index >= 15 is 0 Å². The molecule has 1 N–H and O–H groups in total. The number of hydrogen-bond donors (Lipinski definition) is 1. The number of hydrogen-bond acceptors (Lipinski definition) is 2. The summed E-state index contributed by atoms with van der Waals surface area (Å²) in [4.78, 5) is 1.54. The zero-order valence-corrected chi connectivity index (χ0v) is 8.46. The lowest BCUT2D eigenvalue weighted by molar-refractivity contribution is 0.654. The molecule has 0 aliphatic carbocycles. The molecule has 1 aromatic heterocycles. The summed E-state index contributed by atoms with van der Waals surface area (Å²) in [6, 6.07) is 2.31. The van der Waals surface area contributed by atoms with Crippen LogP contribution in [-0.4, -0.2) is 6.54 Å². The van der Waals surface area contributed by atoms with E-state index in [0.29, 0.717) is 0 Å². The van der Waals surface area contributed by atoms with Crippen molar-refractivity contribution >= 4 is 33.9 Å². The Balaban J connectivity index is 2.41. The molecule has 0 amide bonds. The summed E-state index contributed by atoms with van der Waals surface area (Å²) in [5.41, 5.74) is 1.56. The number of fused-ring (bicyclic) bond motifs is 1. The molecule has 0 spiro atoms. The molecule has 1 aliphatic rings. The van der Waals surface area contributed by atoms with Crippen LogP contribution < -0.4 is 5.32 Å². The fourth-order valence-corrected chi connectivity index (χ4v) is 3.29. The first-order valence-electron chi connectivity index (χ1n) is 3.34. The van der Waals surface area contributed by atoms with E-state index in [1.54, 1.807) is 5.56 Å². The van der Waals surface area contributed by atoms with Gasteiger partial charge < -0.3 is 5.32 Å². The second-order valence-electron chi connectivity index (χ2n) is 2.43. The maximum atomic E-state index is 3.36.